The third-order valence-corrected chi connectivity index (χ3v) is 2.83. The molecule has 0 bridgehead atoms. The summed E-state index contributed by atoms with van der Waals surface area (Å²) in [5, 5.41) is 14.8. The lowest BCUT2D eigenvalue weighted by Crippen LogP contribution is -2.17. The van der Waals surface area contributed by atoms with Gasteiger partial charge in [0, 0.05) is 31.8 Å². The van der Waals surface area contributed by atoms with E-state index in [9.17, 15) is 10.1 Å². The zero-order chi connectivity index (χ0) is 15.4. The van der Waals surface area contributed by atoms with Crippen molar-refractivity contribution in [1.82, 2.24) is 10.1 Å². The van der Waals surface area contributed by atoms with Gasteiger partial charge in [-0.1, -0.05) is 5.16 Å². The predicted molar refractivity (Wildman–Crippen MR) is 75.4 cm³/mol. The maximum absolute atomic E-state index is 11.0. The molecule has 0 atom stereocenters. The Morgan fingerprint density at radius 2 is 2.24 bits per heavy atom. The van der Waals surface area contributed by atoms with Crippen molar-refractivity contribution < 1.29 is 14.2 Å². The summed E-state index contributed by atoms with van der Waals surface area (Å²) in [4.78, 5) is 16.5. The lowest BCUT2D eigenvalue weighted by Gasteiger charge is -2.18. The second-order valence-corrected chi connectivity index (χ2v) is 4.43. The maximum Gasteiger partial charge on any atom is 0.311 e. The van der Waals surface area contributed by atoms with Gasteiger partial charge in [0.05, 0.1) is 18.1 Å². The monoisotopic (exact) mass is 292 g/mol. The van der Waals surface area contributed by atoms with Crippen LogP contribution in [-0.2, 0) is 6.54 Å². The van der Waals surface area contributed by atoms with Gasteiger partial charge in [-0.05, 0) is 13.0 Å². The normalized spacial score (nSPS) is 10.4. The average Bonchev–Trinajstić information content (AvgIpc) is 2.84. The smallest absolute Gasteiger partial charge is 0.311 e. The molecule has 0 N–H and O–H groups in total. The fraction of sp³-hybridized carbons (Fsp3) is 0.385. The summed E-state index contributed by atoms with van der Waals surface area (Å²) in [6.07, 6.45) is 0. The Bertz CT molecular complexity index is 641. The first-order chi connectivity index (χ1) is 10.0. The SMILES string of the molecule is CCOc1cc(N(C)Cc2noc(C)n2)ccc1[N+](=O)[O-]. The number of anilines is 1. The molecule has 0 fully saturated rings. The van der Waals surface area contributed by atoms with Gasteiger partial charge >= 0.3 is 5.69 Å². The van der Waals surface area contributed by atoms with Crippen molar-refractivity contribution in [3.8, 4) is 5.75 Å². The van der Waals surface area contributed by atoms with Crippen LogP contribution in [0.3, 0.4) is 0 Å². The number of rotatable bonds is 6. The fourth-order valence-electron chi connectivity index (χ4n) is 1.87. The minimum absolute atomic E-state index is 0.0515. The van der Waals surface area contributed by atoms with E-state index >= 15 is 0 Å². The number of hydrogen-bond acceptors (Lipinski definition) is 7. The van der Waals surface area contributed by atoms with E-state index in [0.29, 0.717) is 24.9 Å². The minimum atomic E-state index is -0.461. The van der Waals surface area contributed by atoms with Crippen LogP contribution in [0, 0.1) is 17.0 Å². The highest BCUT2D eigenvalue weighted by molar-refractivity contribution is 5.59. The van der Waals surface area contributed by atoms with E-state index < -0.39 is 4.92 Å². The van der Waals surface area contributed by atoms with Crippen LogP contribution in [0.15, 0.2) is 22.7 Å². The van der Waals surface area contributed by atoms with Crippen molar-refractivity contribution in [3.05, 3.63) is 40.0 Å². The molecule has 1 aromatic carbocycles. The summed E-state index contributed by atoms with van der Waals surface area (Å²) < 4.78 is 10.2. The Labute approximate surface area is 121 Å². The van der Waals surface area contributed by atoms with Gasteiger partial charge in [0.25, 0.3) is 0 Å². The molecule has 0 radical (unpaired) electrons. The quantitative estimate of drug-likeness (QED) is 0.595. The molecule has 1 heterocycles. The lowest BCUT2D eigenvalue weighted by molar-refractivity contribution is -0.385. The van der Waals surface area contributed by atoms with E-state index in [0.717, 1.165) is 5.69 Å². The van der Waals surface area contributed by atoms with E-state index in [2.05, 4.69) is 10.1 Å². The lowest BCUT2D eigenvalue weighted by atomic mass is 10.2. The maximum atomic E-state index is 11.0. The second kappa shape index (κ2) is 6.21. The molecule has 112 valence electrons. The molecule has 21 heavy (non-hydrogen) atoms. The van der Waals surface area contributed by atoms with Crippen LogP contribution in [-0.4, -0.2) is 28.7 Å². The standard InChI is InChI=1S/C13H16N4O4/c1-4-20-12-7-10(5-6-11(12)17(18)19)16(3)8-13-14-9(2)21-15-13/h5-7H,4,8H2,1-3H3. The van der Waals surface area contributed by atoms with Gasteiger partial charge < -0.3 is 14.2 Å². The summed E-state index contributed by atoms with van der Waals surface area (Å²) in [7, 11) is 1.84. The minimum Gasteiger partial charge on any atom is -0.487 e. The zero-order valence-corrected chi connectivity index (χ0v) is 12.1. The van der Waals surface area contributed by atoms with Gasteiger partial charge in [0.1, 0.15) is 0 Å². The highest BCUT2D eigenvalue weighted by atomic mass is 16.6. The molecule has 0 aliphatic carbocycles. The number of ether oxygens (including phenoxy) is 1. The highest BCUT2D eigenvalue weighted by Gasteiger charge is 2.17. The Balaban J connectivity index is 2.22. The second-order valence-electron chi connectivity index (χ2n) is 4.43. The molecule has 0 saturated carbocycles. The Morgan fingerprint density at radius 1 is 1.48 bits per heavy atom. The van der Waals surface area contributed by atoms with Crippen LogP contribution in [0.4, 0.5) is 11.4 Å². The molecule has 0 amide bonds. The first kappa shape index (κ1) is 14.8. The van der Waals surface area contributed by atoms with Gasteiger partial charge in [-0.3, -0.25) is 10.1 Å². The number of benzene rings is 1. The van der Waals surface area contributed by atoms with Gasteiger partial charge in [-0.25, -0.2) is 0 Å². The van der Waals surface area contributed by atoms with Crippen molar-refractivity contribution in [2.24, 2.45) is 0 Å². The largest absolute Gasteiger partial charge is 0.487 e. The van der Waals surface area contributed by atoms with E-state index in [1.54, 1.807) is 26.0 Å². The van der Waals surface area contributed by atoms with Crippen molar-refractivity contribution in [2.45, 2.75) is 20.4 Å². The van der Waals surface area contributed by atoms with Gasteiger partial charge in [0.2, 0.25) is 5.89 Å². The van der Waals surface area contributed by atoms with E-state index in [-0.39, 0.29) is 11.4 Å². The number of aromatic nitrogens is 2. The van der Waals surface area contributed by atoms with E-state index in [1.165, 1.54) is 6.07 Å². The molecular formula is C13H16N4O4. The molecule has 8 nitrogen and oxygen atoms in total. The Kier molecular flexibility index (Phi) is 4.36. The third kappa shape index (κ3) is 3.47. The van der Waals surface area contributed by atoms with E-state index in [4.69, 9.17) is 9.26 Å². The van der Waals surface area contributed by atoms with Crippen LogP contribution in [0.5, 0.6) is 5.75 Å². The molecule has 2 aromatic rings. The first-order valence-corrected chi connectivity index (χ1v) is 6.42. The first-order valence-electron chi connectivity index (χ1n) is 6.42. The average molecular weight is 292 g/mol. The molecule has 0 unspecified atom stereocenters. The van der Waals surface area contributed by atoms with Crippen molar-refractivity contribution in [3.63, 3.8) is 0 Å². The van der Waals surface area contributed by atoms with Crippen molar-refractivity contribution in [2.75, 3.05) is 18.6 Å². The van der Waals surface area contributed by atoms with Crippen LogP contribution in [0.1, 0.15) is 18.6 Å². The zero-order valence-electron chi connectivity index (χ0n) is 12.1. The van der Waals surface area contributed by atoms with Crippen LogP contribution in [0.2, 0.25) is 0 Å². The van der Waals surface area contributed by atoms with Gasteiger partial charge in [-0.2, -0.15) is 4.98 Å². The third-order valence-electron chi connectivity index (χ3n) is 2.83. The highest BCUT2D eigenvalue weighted by Crippen LogP contribution is 2.31. The topological polar surface area (TPSA) is 94.5 Å². The molecule has 0 aliphatic heterocycles. The summed E-state index contributed by atoms with van der Waals surface area (Å²) in [5.74, 6) is 1.29. The Hall–Kier alpha value is -2.64. The number of nitro benzene ring substituents is 1. The summed E-state index contributed by atoms with van der Waals surface area (Å²) in [6, 6.07) is 4.72. The summed E-state index contributed by atoms with van der Waals surface area (Å²) in [6.45, 7) is 4.29. The molecule has 1 aromatic heterocycles. The summed E-state index contributed by atoms with van der Waals surface area (Å²) in [5.41, 5.74) is 0.718. The van der Waals surface area contributed by atoms with Crippen LogP contribution in [0.25, 0.3) is 0 Å². The number of hydrogen-bond donors (Lipinski definition) is 0. The Morgan fingerprint density at radius 3 is 2.81 bits per heavy atom. The summed E-state index contributed by atoms with van der Waals surface area (Å²) >= 11 is 0. The number of nitro groups is 1. The van der Waals surface area contributed by atoms with Crippen LogP contribution < -0.4 is 9.64 Å². The molecule has 0 spiro atoms. The van der Waals surface area contributed by atoms with Gasteiger partial charge in [0.15, 0.2) is 11.6 Å². The van der Waals surface area contributed by atoms with E-state index in [1.807, 2.05) is 11.9 Å². The van der Waals surface area contributed by atoms with Crippen molar-refractivity contribution >= 4 is 11.4 Å². The molecule has 0 saturated heterocycles. The predicted octanol–water partition coefficient (Wildman–Crippen LogP) is 2.32. The molecular weight excluding hydrogens is 276 g/mol. The molecule has 0 aliphatic rings. The van der Waals surface area contributed by atoms with Crippen LogP contribution >= 0.6 is 0 Å². The fourth-order valence-corrected chi connectivity index (χ4v) is 1.87. The number of nitrogens with zero attached hydrogens (tertiary/aromatic N) is 4. The number of aryl methyl sites for hydroxylation is 1. The molecule has 8 heteroatoms. The van der Waals surface area contributed by atoms with Gasteiger partial charge in [-0.15, -0.1) is 0 Å². The van der Waals surface area contributed by atoms with Crippen molar-refractivity contribution in [1.29, 1.82) is 0 Å². The molecule has 2 rings (SSSR count).